The van der Waals surface area contributed by atoms with Crippen LogP contribution in [0.3, 0.4) is 0 Å². The number of phenolic OH excluding ortho intramolecular Hbond substituents is 1. The van der Waals surface area contributed by atoms with Gasteiger partial charge in [0.25, 0.3) is 0 Å². The summed E-state index contributed by atoms with van der Waals surface area (Å²) in [4.78, 5) is 10.8. The fourth-order valence-electron chi connectivity index (χ4n) is 1.47. The standard InChI is InChI=1S/C14H16O4/c1-2-4-13(17)14(18)8-7-10-5-3-6-12(16)11(10)9-15/h2-9,13-14,16-18H,1H3/b4-2+,8-7+/t13-,14-/m0/s1. The molecule has 96 valence electrons. The number of allylic oxidation sites excluding steroid dienone is 1. The number of aliphatic hydroxyl groups excluding tert-OH is 2. The number of hydrogen-bond donors (Lipinski definition) is 3. The largest absolute Gasteiger partial charge is 0.507 e. The first-order valence-electron chi connectivity index (χ1n) is 5.54. The number of aldehydes is 1. The molecule has 0 fully saturated rings. The van der Waals surface area contributed by atoms with Crippen molar-refractivity contribution >= 4 is 12.4 Å². The molecule has 0 radical (unpaired) electrons. The van der Waals surface area contributed by atoms with E-state index in [2.05, 4.69) is 0 Å². The minimum Gasteiger partial charge on any atom is -0.507 e. The molecular weight excluding hydrogens is 232 g/mol. The zero-order chi connectivity index (χ0) is 13.5. The summed E-state index contributed by atoms with van der Waals surface area (Å²) >= 11 is 0. The molecule has 3 N–H and O–H groups in total. The SMILES string of the molecule is C/C=C/[C@H](O)[C@@H](O)/C=C/c1cccc(O)c1C=O. The van der Waals surface area contributed by atoms with Crippen LogP contribution in [0, 0.1) is 0 Å². The lowest BCUT2D eigenvalue weighted by Gasteiger charge is -2.10. The first kappa shape index (κ1) is 14.2. The third-order valence-electron chi connectivity index (χ3n) is 2.45. The van der Waals surface area contributed by atoms with Gasteiger partial charge in [0.15, 0.2) is 6.29 Å². The van der Waals surface area contributed by atoms with E-state index in [4.69, 9.17) is 0 Å². The lowest BCUT2D eigenvalue weighted by atomic mass is 10.1. The minimum atomic E-state index is -1.07. The fraction of sp³-hybridized carbons (Fsp3) is 0.214. The zero-order valence-corrected chi connectivity index (χ0v) is 10.0. The summed E-state index contributed by atoms with van der Waals surface area (Å²) < 4.78 is 0. The van der Waals surface area contributed by atoms with Crippen LogP contribution in [0.1, 0.15) is 22.8 Å². The van der Waals surface area contributed by atoms with E-state index in [0.29, 0.717) is 11.8 Å². The van der Waals surface area contributed by atoms with Crippen molar-refractivity contribution in [3.8, 4) is 5.75 Å². The second-order valence-corrected chi connectivity index (χ2v) is 3.76. The summed E-state index contributed by atoms with van der Waals surface area (Å²) in [5.41, 5.74) is 0.637. The zero-order valence-electron chi connectivity index (χ0n) is 10.0. The third-order valence-corrected chi connectivity index (χ3v) is 2.45. The van der Waals surface area contributed by atoms with E-state index in [-0.39, 0.29) is 11.3 Å². The predicted molar refractivity (Wildman–Crippen MR) is 69.4 cm³/mol. The quantitative estimate of drug-likeness (QED) is 0.545. The summed E-state index contributed by atoms with van der Waals surface area (Å²) in [7, 11) is 0. The molecule has 0 amide bonds. The Labute approximate surface area is 106 Å². The Morgan fingerprint density at radius 2 is 1.83 bits per heavy atom. The molecule has 1 rings (SSSR count). The predicted octanol–water partition coefficient (Wildman–Crippen LogP) is 1.52. The number of carbonyl (C=O) groups is 1. The van der Waals surface area contributed by atoms with E-state index in [1.54, 1.807) is 25.1 Å². The maximum Gasteiger partial charge on any atom is 0.154 e. The van der Waals surface area contributed by atoms with E-state index in [1.165, 1.54) is 24.3 Å². The van der Waals surface area contributed by atoms with Crippen LogP contribution in [0.4, 0.5) is 0 Å². The van der Waals surface area contributed by atoms with E-state index in [1.807, 2.05) is 0 Å². The number of hydrogen-bond acceptors (Lipinski definition) is 4. The molecule has 0 aliphatic rings. The molecule has 0 bridgehead atoms. The van der Waals surface area contributed by atoms with Crippen LogP contribution in [0.5, 0.6) is 5.75 Å². The van der Waals surface area contributed by atoms with Crippen molar-refractivity contribution in [1.82, 2.24) is 0 Å². The topological polar surface area (TPSA) is 77.8 Å². The molecule has 4 heteroatoms. The maximum absolute atomic E-state index is 10.8. The molecule has 0 aromatic heterocycles. The second-order valence-electron chi connectivity index (χ2n) is 3.76. The molecule has 4 nitrogen and oxygen atoms in total. The van der Waals surface area contributed by atoms with Crippen LogP contribution in [0.2, 0.25) is 0 Å². The maximum atomic E-state index is 10.8. The van der Waals surface area contributed by atoms with Crippen molar-refractivity contribution in [3.63, 3.8) is 0 Å². The third kappa shape index (κ3) is 3.55. The normalized spacial score (nSPS) is 15.1. The van der Waals surface area contributed by atoms with Crippen LogP contribution >= 0.6 is 0 Å². The van der Waals surface area contributed by atoms with Gasteiger partial charge in [0.05, 0.1) is 5.56 Å². The van der Waals surface area contributed by atoms with E-state index in [0.717, 1.165) is 0 Å². The Bertz CT molecular complexity index is 463. The van der Waals surface area contributed by atoms with E-state index in [9.17, 15) is 20.1 Å². The van der Waals surface area contributed by atoms with Gasteiger partial charge < -0.3 is 15.3 Å². The summed E-state index contributed by atoms with van der Waals surface area (Å²) in [6.45, 7) is 1.74. The molecule has 0 unspecified atom stereocenters. The van der Waals surface area contributed by atoms with Crippen molar-refractivity contribution in [2.24, 2.45) is 0 Å². The highest BCUT2D eigenvalue weighted by molar-refractivity contribution is 5.85. The number of benzene rings is 1. The highest BCUT2D eigenvalue weighted by Gasteiger charge is 2.09. The number of carbonyl (C=O) groups excluding carboxylic acids is 1. The van der Waals surface area contributed by atoms with Crippen LogP contribution in [-0.2, 0) is 0 Å². The summed E-state index contributed by atoms with van der Waals surface area (Å²) in [6.07, 6.45) is 4.42. The van der Waals surface area contributed by atoms with Crippen LogP contribution in [-0.4, -0.2) is 33.8 Å². The van der Waals surface area contributed by atoms with Gasteiger partial charge in [0.2, 0.25) is 0 Å². The highest BCUT2D eigenvalue weighted by Crippen LogP contribution is 2.20. The molecule has 0 aliphatic carbocycles. The van der Waals surface area contributed by atoms with Gasteiger partial charge in [0, 0.05) is 0 Å². The first-order valence-corrected chi connectivity index (χ1v) is 5.54. The van der Waals surface area contributed by atoms with Crippen molar-refractivity contribution < 1.29 is 20.1 Å². The van der Waals surface area contributed by atoms with Gasteiger partial charge in [-0.05, 0) is 18.6 Å². The number of phenols is 1. The second kappa shape index (κ2) is 6.74. The number of rotatable bonds is 5. The Morgan fingerprint density at radius 1 is 1.17 bits per heavy atom. The molecule has 0 saturated heterocycles. The monoisotopic (exact) mass is 248 g/mol. The molecule has 0 heterocycles. The van der Waals surface area contributed by atoms with Gasteiger partial charge in [-0.25, -0.2) is 0 Å². The average molecular weight is 248 g/mol. The van der Waals surface area contributed by atoms with Gasteiger partial charge in [-0.3, -0.25) is 4.79 Å². The van der Waals surface area contributed by atoms with Crippen molar-refractivity contribution in [1.29, 1.82) is 0 Å². The minimum absolute atomic E-state index is 0.115. The van der Waals surface area contributed by atoms with Crippen molar-refractivity contribution in [2.45, 2.75) is 19.1 Å². The summed E-state index contributed by atoms with van der Waals surface area (Å²) in [5, 5.41) is 28.5. The van der Waals surface area contributed by atoms with Crippen molar-refractivity contribution in [2.75, 3.05) is 0 Å². The lowest BCUT2D eigenvalue weighted by Crippen LogP contribution is -2.20. The number of aromatic hydroxyl groups is 1. The highest BCUT2D eigenvalue weighted by atomic mass is 16.3. The van der Waals surface area contributed by atoms with Crippen LogP contribution in [0.15, 0.2) is 36.4 Å². The van der Waals surface area contributed by atoms with Crippen LogP contribution < -0.4 is 0 Å². The molecule has 0 aliphatic heterocycles. The van der Waals surface area contributed by atoms with Gasteiger partial charge in [-0.2, -0.15) is 0 Å². The Balaban J connectivity index is 2.91. The Morgan fingerprint density at radius 3 is 2.44 bits per heavy atom. The first-order chi connectivity index (χ1) is 8.60. The molecule has 0 spiro atoms. The van der Waals surface area contributed by atoms with Crippen molar-refractivity contribution in [3.05, 3.63) is 47.6 Å². The van der Waals surface area contributed by atoms with Gasteiger partial charge in [0.1, 0.15) is 18.0 Å². The van der Waals surface area contributed by atoms with Gasteiger partial charge in [-0.15, -0.1) is 0 Å². The number of aliphatic hydroxyl groups is 2. The molecule has 2 atom stereocenters. The summed E-state index contributed by atoms with van der Waals surface area (Å²) in [5.74, 6) is -0.115. The van der Waals surface area contributed by atoms with Crippen LogP contribution in [0.25, 0.3) is 6.08 Å². The fourth-order valence-corrected chi connectivity index (χ4v) is 1.47. The average Bonchev–Trinajstić information content (AvgIpc) is 2.36. The lowest BCUT2D eigenvalue weighted by molar-refractivity contribution is 0.0813. The summed E-state index contributed by atoms with van der Waals surface area (Å²) in [6, 6.07) is 4.64. The molecule has 0 saturated carbocycles. The smallest absolute Gasteiger partial charge is 0.154 e. The van der Waals surface area contributed by atoms with Gasteiger partial charge >= 0.3 is 0 Å². The molecular formula is C14H16O4. The molecule has 1 aromatic rings. The van der Waals surface area contributed by atoms with E-state index < -0.39 is 12.2 Å². The van der Waals surface area contributed by atoms with Gasteiger partial charge in [-0.1, -0.05) is 36.4 Å². The molecule has 1 aromatic carbocycles. The molecule has 18 heavy (non-hydrogen) atoms. The Kier molecular flexibility index (Phi) is 5.30. The van der Waals surface area contributed by atoms with E-state index >= 15 is 0 Å². The Hall–Kier alpha value is -1.91.